The zero-order valence-electron chi connectivity index (χ0n) is 19.9. The summed E-state index contributed by atoms with van der Waals surface area (Å²) in [5.74, 6) is -0.380. The van der Waals surface area contributed by atoms with Crippen molar-refractivity contribution in [3.8, 4) is 0 Å². The molecule has 0 saturated carbocycles. The number of anilines is 1. The van der Waals surface area contributed by atoms with Gasteiger partial charge in [-0.05, 0) is 43.9 Å². The standard InChI is InChI=1S/C27H32N2O4S/c1-27(2,3)33-25(30)21-20-14-15-29-22(23(20)34-24(21)28)26(31-16-18-10-6-4-7-11-18)32-17-19-12-8-5-9-13-19/h4-13,22,26,29H,14-17,28H2,1-3H3/t22-/m0/s1. The third-order valence-electron chi connectivity index (χ3n) is 5.48. The Morgan fingerprint density at radius 1 is 1.03 bits per heavy atom. The fourth-order valence-corrected chi connectivity index (χ4v) is 5.16. The van der Waals surface area contributed by atoms with E-state index in [0.29, 0.717) is 36.7 Å². The van der Waals surface area contributed by atoms with E-state index < -0.39 is 11.9 Å². The average molecular weight is 481 g/mol. The SMILES string of the molecule is CC(C)(C)OC(=O)c1c(N)sc2c1CCN[C@@H]2C(OCc1ccccc1)OCc1ccccc1. The van der Waals surface area contributed by atoms with E-state index in [4.69, 9.17) is 19.9 Å². The van der Waals surface area contributed by atoms with Gasteiger partial charge in [0.15, 0.2) is 6.29 Å². The van der Waals surface area contributed by atoms with Gasteiger partial charge in [-0.25, -0.2) is 4.79 Å². The summed E-state index contributed by atoms with van der Waals surface area (Å²) in [7, 11) is 0. The van der Waals surface area contributed by atoms with E-state index in [2.05, 4.69) is 5.32 Å². The molecule has 0 unspecified atom stereocenters. The van der Waals surface area contributed by atoms with Crippen molar-refractivity contribution in [3.63, 3.8) is 0 Å². The number of ether oxygens (including phenoxy) is 3. The zero-order chi connectivity index (χ0) is 24.1. The van der Waals surface area contributed by atoms with Crippen LogP contribution < -0.4 is 11.1 Å². The number of carbonyl (C=O) groups excluding carboxylic acids is 1. The molecule has 0 bridgehead atoms. The molecule has 0 saturated heterocycles. The van der Waals surface area contributed by atoms with Gasteiger partial charge in [-0.2, -0.15) is 0 Å². The highest BCUT2D eigenvalue weighted by molar-refractivity contribution is 7.16. The van der Waals surface area contributed by atoms with Crippen LogP contribution in [0.15, 0.2) is 60.7 Å². The van der Waals surface area contributed by atoms with Gasteiger partial charge in [-0.1, -0.05) is 60.7 Å². The van der Waals surface area contributed by atoms with Gasteiger partial charge in [-0.3, -0.25) is 0 Å². The predicted octanol–water partition coefficient (Wildman–Crippen LogP) is 5.23. The minimum Gasteiger partial charge on any atom is -0.456 e. The second kappa shape index (κ2) is 10.7. The summed E-state index contributed by atoms with van der Waals surface area (Å²) < 4.78 is 18.2. The highest BCUT2D eigenvalue weighted by Gasteiger charge is 2.36. The average Bonchev–Trinajstić information content (AvgIpc) is 3.15. The summed E-state index contributed by atoms with van der Waals surface area (Å²) in [5, 5.41) is 4.00. The second-order valence-electron chi connectivity index (χ2n) is 9.33. The molecule has 0 aliphatic carbocycles. The number of nitrogens with one attached hydrogen (secondary N) is 1. The molecule has 1 aromatic heterocycles. The minimum atomic E-state index is -0.592. The van der Waals surface area contributed by atoms with Crippen molar-refractivity contribution in [2.75, 3.05) is 12.3 Å². The summed E-state index contributed by atoms with van der Waals surface area (Å²) in [6, 6.07) is 19.8. The van der Waals surface area contributed by atoms with Crippen LogP contribution in [0, 0.1) is 0 Å². The topological polar surface area (TPSA) is 82.8 Å². The molecule has 2 aromatic carbocycles. The fourth-order valence-electron chi connectivity index (χ4n) is 3.97. The summed E-state index contributed by atoms with van der Waals surface area (Å²) >= 11 is 1.41. The van der Waals surface area contributed by atoms with Crippen LogP contribution in [0.5, 0.6) is 0 Å². The third-order valence-corrected chi connectivity index (χ3v) is 6.62. The maximum atomic E-state index is 12.9. The first-order chi connectivity index (χ1) is 16.3. The van der Waals surface area contributed by atoms with Crippen LogP contribution >= 0.6 is 11.3 Å². The summed E-state index contributed by atoms with van der Waals surface area (Å²) in [5.41, 5.74) is 9.28. The van der Waals surface area contributed by atoms with Gasteiger partial charge in [0.2, 0.25) is 0 Å². The lowest BCUT2D eigenvalue weighted by atomic mass is 9.98. The highest BCUT2D eigenvalue weighted by Crippen LogP contribution is 2.40. The van der Waals surface area contributed by atoms with E-state index in [1.165, 1.54) is 11.3 Å². The lowest BCUT2D eigenvalue weighted by molar-refractivity contribution is -0.175. The molecule has 34 heavy (non-hydrogen) atoms. The number of nitrogens with two attached hydrogens (primary N) is 1. The maximum Gasteiger partial charge on any atom is 0.341 e. The number of thiophene rings is 1. The Hall–Kier alpha value is -2.71. The predicted molar refractivity (Wildman–Crippen MR) is 135 cm³/mol. The van der Waals surface area contributed by atoms with Crippen LogP contribution in [0.25, 0.3) is 0 Å². The Morgan fingerprint density at radius 2 is 1.59 bits per heavy atom. The third kappa shape index (κ3) is 6.04. The number of benzene rings is 2. The second-order valence-corrected chi connectivity index (χ2v) is 10.4. The summed E-state index contributed by atoms with van der Waals surface area (Å²) in [6.45, 7) is 7.07. The smallest absolute Gasteiger partial charge is 0.341 e. The molecule has 0 radical (unpaired) electrons. The first-order valence-corrected chi connectivity index (χ1v) is 12.3. The molecular weight excluding hydrogens is 448 g/mol. The molecule has 6 nitrogen and oxygen atoms in total. The van der Waals surface area contributed by atoms with Gasteiger partial charge in [-0.15, -0.1) is 11.3 Å². The molecule has 180 valence electrons. The number of rotatable bonds is 8. The summed E-state index contributed by atoms with van der Waals surface area (Å²) in [4.78, 5) is 13.9. The van der Waals surface area contributed by atoms with Crippen LogP contribution in [-0.2, 0) is 33.8 Å². The zero-order valence-corrected chi connectivity index (χ0v) is 20.7. The number of carbonyl (C=O) groups is 1. The molecule has 4 rings (SSSR count). The minimum absolute atomic E-state index is 0.250. The van der Waals surface area contributed by atoms with Gasteiger partial charge in [0, 0.05) is 11.4 Å². The van der Waals surface area contributed by atoms with Gasteiger partial charge >= 0.3 is 5.97 Å². The fraction of sp³-hybridized carbons (Fsp3) is 0.370. The molecule has 3 aromatic rings. The van der Waals surface area contributed by atoms with Crippen molar-refractivity contribution in [2.45, 2.75) is 58.3 Å². The molecule has 2 heterocycles. The number of hydrogen-bond donors (Lipinski definition) is 2. The van der Waals surface area contributed by atoms with Crippen LogP contribution in [0.1, 0.15) is 58.7 Å². The Kier molecular flexibility index (Phi) is 7.68. The lowest BCUT2D eigenvalue weighted by Gasteiger charge is -2.31. The molecule has 1 aliphatic heterocycles. The number of hydrogen-bond acceptors (Lipinski definition) is 7. The molecule has 0 spiro atoms. The largest absolute Gasteiger partial charge is 0.456 e. The molecule has 3 N–H and O–H groups in total. The van der Waals surface area contributed by atoms with E-state index in [-0.39, 0.29) is 12.0 Å². The van der Waals surface area contributed by atoms with E-state index in [1.807, 2.05) is 81.4 Å². The van der Waals surface area contributed by atoms with E-state index in [0.717, 1.165) is 21.6 Å². The molecule has 0 fully saturated rings. The van der Waals surface area contributed by atoms with Gasteiger partial charge < -0.3 is 25.3 Å². The van der Waals surface area contributed by atoms with Gasteiger partial charge in [0.1, 0.15) is 10.6 Å². The van der Waals surface area contributed by atoms with Crippen molar-refractivity contribution in [2.24, 2.45) is 0 Å². The number of nitrogen functional groups attached to an aromatic ring is 1. The van der Waals surface area contributed by atoms with Crippen molar-refractivity contribution in [1.82, 2.24) is 5.32 Å². The van der Waals surface area contributed by atoms with Crippen molar-refractivity contribution in [1.29, 1.82) is 0 Å². The normalized spacial score (nSPS) is 15.8. The monoisotopic (exact) mass is 480 g/mol. The van der Waals surface area contributed by atoms with Crippen LogP contribution in [-0.4, -0.2) is 24.4 Å². The molecule has 1 aliphatic rings. The molecule has 1 atom stereocenters. The van der Waals surface area contributed by atoms with Crippen molar-refractivity contribution < 1.29 is 19.0 Å². The lowest BCUT2D eigenvalue weighted by Crippen LogP contribution is -2.40. The van der Waals surface area contributed by atoms with Crippen molar-refractivity contribution in [3.05, 3.63) is 87.8 Å². The quantitative estimate of drug-likeness (QED) is 0.339. The molecule has 7 heteroatoms. The Morgan fingerprint density at radius 3 is 2.12 bits per heavy atom. The Balaban J connectivity index is 1.59. The van der Waals surface area contributed by atoms with Crippen LogP contribution in [0.4, 0.5) is 5.00 Å². The van der Waals surface area contributed by atoms with Crippen LogP contribution in [0.3, 0.4) is 0 Å². The maximum absolute atomic E-state index is 12.9. The van der Waals surface area contributed by atoms with Crippen molar-refractivity contribution >= 4 is 22.3 Å². The van der Waals surface area contributed by atoms with Gasteiger partial charge in [0.25, 0.3) is 0 Å². The van der Waals surface area contributed by atoms with Gasteiger partial charge in [0.05, 0.1) is 24.8 Å². The molecular formula is C27H32N2O4S. The Bertz CT molecular complexity index is 1050. The summed E-state index contributed by atoms with van der Waals surface area (Å²) in [6.07, 6.45) is 0.127. The number of esters is 1. The van der Waals surface area contributed by atoms with E-state index in [9.17, 15) is 4.79 Å². The first-order valence-electron chi connectivity index (χ1n) is 11.5. The molecule has 0 amide bonds. The highest BCUT2D eigenvalue weighted by atomic mass is 32.1. The van der Waals surface area contributed by atoms with E-state index >= 15 is 0 Å². The van der Waals surface area contributed by atoms with Crippen LogP contribution in [0.2, 0.25) is 0 Å². The van der Waals surface area contributed by atoms with E-state index in [1.54, 1.807) is 0 Å². The first kappa shape index (κ1) is 24.4. The number of fused-ring (bicyclic) bond motifs is 1. The Labute approximate surface area is 205 Å².